The maximum absolute atomic E-state index is 13.3. The summed E-state index contributed by atoms with van der Waals surface area (Å²) >= 11 is 0. The van der Waals surface area contributed by atoms with Crippen molar-refractivity contribution in [3.05, 3.63) is 0 Å². The minimum absolute atomic E-state index is 0.395. The third-order valence-corrected chi connectivity index (χ3v) is 7.84. The topological polar surface area (TPSA) is 72.5 Å². The van der Waals surface area contributed by atoms with Crippen LogP contribution in [0.3, 0.4) is 0 Å². The Morgan fingerprint density at radius 2 is 1.12 bits per heavy atom. The lowest BCUT2D eigenvalue weighted by Gasteiger charge is -2.50. The fourth-order valence-electron chi connectivity index (χ4n) is 3.34. The zero-order valence-corrected chi connectivity index (χ0v) is 26.7. The van der Waals surface area contributed by atoms with Gasteiger partial charge in [0.2, 0.25) is 8.32 Å². The SMILES string of the molecule is CCCOC1OC(C(=O)O[Si](C)(C)C)C(O[Si](C)(C)C)C(O[Si](C)(C)C)C1O[Si](C)(C)C. The summed E-state index contributed by atoms with van der Waals surface area (Å²) in [5.41, 5.74) is 0. The maximum Gasteiger partial charge on any atom is 0.324 e. The number of carbonyl (C=O) groups is 1. The molecular formula is C21H48O7Si4. The third-order valence-electron chi connectivity index (χ3n) is 4.09. The van der Waals surface area contributed by atoms with E-state index >= 15 is 0 Å². The average Bonchev–Trinajstić information content (AvgIpc) is 2.51. The molecule has 0 aromatic heterocycles. The first-order chi connectivity index (χ1) is 14.2. The largest absolute Gasteiger partial charge is 0.518 e. The van der Waals surface area contributed by atoms with Crippen LogP contribution in [0.25, 0.3) is 0 Å². The summed E-state index contributed by atoms with van der Waals surface area (Å²) < 4.78 is 38.2. The van der Waals surface area contributed by atoms with Gasteiger partial charge in [0.1, 0.15) is 18.3 Å². The molecule has 0 N–H and O–H groups in total. The first-order valence-corrected chi connectivity index (χ1v) is 25.4. The van der Waals surface area contributed by atoms with Gasteiger partial charge in [-0.25, -0.2) is 0 Å². The fraction of sp³-hybridized carbons (Fsp3) is 0.952. The Kier molecular flexibility index (Phi) is 10.6. The molecule has 0 aromatic rings. The quantitative estimate of drug-likeness (QED) is 0.345. The van der Waals surface area contributed by atoms with Crippen molar-refractivity contribution < 1.29 is 32.0 Å². The van der Waals surface area contributed by atoms with E-state index in [0.29, 0.717) is 6.61 Å². The van der Waals surface area contributed by atoms with E-state index in [1.807, 2.05) is 26.6 Å². The predicted octanol–water partition coefficient (Wildman–Crippen LogP) is 5.18. The molecule has 0 radical (unpaired) electrons. The van der Waals surface area contributed by atoms with Crippen LogP contribution < -0.4 is 0 Å². The molecule has 0 aliphatic carbocycles. The van der Waals surface area contributed by atoms with Crippen molar-refractivity contribution in [2.24, 2.45) is 0 Å². The zero-order chi connectivity index (χ0) is 25.1. The van der Waals surface area contributed by atoms with E-state index in [-0.39, 0.29) is 0 Å². The van der Waals surface area contributed by atoms with E-state index in [1.54, 1.807) is 0 Å². The molecule has 1 fully saturated rings. The van der Waals surface area contributed by atoms with Gasteiger partial charge < -0.3 is 27.2 Å². The van der Waals surface area contributed by atoms with Crippen molar-refractivity contribution in [2.45, 2.75) is 123 Å². The molecule has 0 spiro atoms. The second kappa shape index (κ2) is 11.3. The van der Waals surface area contributed by atoms with E-state index in [9.17, 15) is 4.79 Å². The van der Waals surface area contributed by atoms with Gasteiger partial charge in [-0.2, -0.15) is 0 Å². The number of rotatable bonds is 11. The maximum atomic E-state index is 13.3. The van der Waals surface area contributed by atoms with Crippen molar-refractivity contribution in [2.75, 3.05) is 6.61 Å². The molecule has 0 aromatic carbocycles. The van der Waals surface area contributed by atoms with Crippen LogP contribution in [0.1, 0.15) is 13.3 Å². The molecule has 5 unspecified atom stereocenters. The lowest BCUT2D eigenvalue weighted by Crippen LogP contribution is -2.67. The summed E-state index contributed by atoms with van der Waals surface area (Å²) in [5, 5.41) is 0. The minimum atomic E-state index is -2.14. The second-order valence-corrected chi connectivity index (χ2v) is 30.2. The standard InChI is InChI=1S/C21H48O7Si4/c1-14-15-23-21-19(27-31(8,9)10)17(26-30(5,6)7)16(25-29(2,3)4)18(24-21)20(22)28-32(11,12)13/h16-19,21H,14-15H2,1-13H3. The summed E-state index contributed by atoms with van der Waals surface area (Å²) in [5.74, 6) is -0.395. The van der Waals surface area contributed by atoms with E-state index < -0.39 is 69.9 Å². The number of hydrogen-bond acceptors (Lipinski definition) is 7. The minimum Gasteiger partial charge on any atom is -0.518 e. The smallest absolute Gasteiger partial charge is 0.324 e. The molecular weight excluding hydrogens is 477 g/mol. The Morgan fingerprint density at radius 1 is 0.688 bits per heavy atom. The number of hydrogen-bond donors (Lipinski definition) is 0. The lowest BCUT2D eigenvalue weighted by molar-refractivity contribution is -0.284. The molecule has 0 amide bonds. The van der Waals surface area contributed by atoms with Crippen LogP contribution in [-0.2, 0) is 32.0 Å². The normalized spacial score (nSPS) is 28.0. The molecule has 1 heterocycles. The fourth-order valence-corrected chi connectivity index (χ4v) is 7.28. The third kappa shape index (κ3) is 11.0. The summed E-state index contributed by atoms with van der Waals surface area (Å²) in [6.07, 6.45) is -2.37. The molecule has 0 bridgehead atoms. The average molecular weight is 525 g/mol. The molecule has 1 aliphatic heterocycles. The van der Waals surface area contributed by atoms with Crippen LogP contribution in [0.4, 0.5) is 0 Å². The molecule has 1 aliphatic rings. The van der Waals surface area contributed by atoms with E-state index in [2.05, 4.69) is 58.9 Å². The van der Waals surface area contributed by atoms with Gasteiger partial charge in [0, 0.05) is 6.61 Å². The summed E-state index contributed by atoms with van der Waals surface area (Å²) in [6, 6.07) is 0. The van der Waals surface area contributed by atoms with E-state index in [0.717, 1.165) is 6.42 Å². The molecule has 1 saturated heterocycles. The highest BCUT2D eigenvalue weighted by molar-refractivity contribution is 6.71. The number of ether oxygens (including phenoxy) is 2. The molecule has 11 heteroatoms. The summed E-state index contributed by atoms with van der Waals surface area (Å²) in [6.45, 7) is 27.6. The highest BCUT2D eigenvalue weighted by Crippen LogP contribution is 2.35. The van der Waals surface area contributed by atoms with Gasteiger partial charge in [-0.1, -0.05) is 6.92 Å². The van der Waals surface area contributed by atoms with Gasteiger partial charge in [0.05, 0.1) is 0 Å². The van der Waals surface area contributed by atoms with Gasteiger partial charge in [-0.05, 0) is 85.0 Å². The predicted molar refractivity (Wildman–Crippen MR) is 139 cm³/mol. The second-order valence-electron chi connectivity index (χ2n) is 12.4. The van der Waals surface area contributed by atoms with E-state index in [1.165, 1.54) is 0 Å². The highest BCUT2D eigenvalue weighted by Gasteiger charge is 2.54. The monoisotopic (exact) mass is 524 g/mol. The summed E-state index contributed by atoms with van der Waals surface area (Å²) in [7, 11) is -8.24. The molecule has 190 valence electrons. The van der Waals surface area contributed by atoms with Crippen LogP contribution in [0.15, 0.2) is 0 Å². The summed E-state index contributed by atoms with van der Waals surface area (Å²) in [4.78, 5) is 13.3. The van der Waals surface area contributed by atoms with Gasteiger partial charge >= 0.3 is 5.97 Å². The van der Waals surface area contributed by atoms with Crippen LogP contribution in [0.2, 0.25) is 78.6 Å². The zero-order valence-electron chi connectivity index (χ0n) is 22.7. The van der Waals surface area contributed by atoms with E-state index in [4.69, 9.17) is 27.2 Å². The Labute approximate surface area is 200 Å². The van der Waals surface area contributed by atoms with Crippen LogP contribution in [0.5, 0.6) is 0 Å². The van der Waals surface area contributed by atoms with Gasteiger partial charge in [-0.15, -0.1) is 0 Å². The highest BCUT2D eigenvalue weighted by atomic mass is 28.4. The van der Waals surface area contributed by atoms with Crippen molar-refractivity contribution in [3.8, 4) is 0 Å². The van der Waals surface area contributed by atoms with Crippen LogP contribution in [-0.4, -0.2) is 76.6 Å². The first-order valence-electron chi connectivity index (χ1n) is 11.8. The molecule has 7 nitrogen and oxygen atoms in total. The molecule has 1 rings (SSSR count). The number of carbonyl (C=O) groups excluding carboxylic acids is 1. The Hall–Kier alpha value is 0.138. The Bertz CT molecular complexity index is 605. The molecule has 32 heavy (non-hydrogen) atoms. The van der Waals surface area contributed by atoms with Gasteiger partial charge in [0.25, 0.3) is 0 Å². The van der Waals surface area contributed by atoms with Crippen molar-refractivity contribution in [1.82, 2.24) is 0 Å². The molecule has 5 atom stereocenters. The van der Waals surface area contributed by atoms with Crippen LogP contribution >= 0.6 is 0 Å². The van der Waals surface area contributed by atoms with Crippen molar-refractivity contribution in [3.63, 3.8) is 0 Å². The Balaban J connectivity index is 3.53. The first kappa shape index (κ1) is 30.2. The molecule has 0 saturated carbocycles. The Morgan fingerprint density at radius 3 is 1.53 bits per heavy atom. The van der Waals surface area contributed by atoms with Crippen LogP contribution in [0, 0.1) is 0 Å². The van der Waals surface area contributed by atoms with Crippen molar-refractivity contribution >= 4 is 39.2 Å². The lowest BCUT2D eigenvalue weighted by atomic mass is 9.99. The van der Waals surface area contributed by atoms with Gasteiger partial charge in [0.15, 0.2) is 37.3 Å². The van der Waals surface area contributed by atoms with Gasteiger partial charge in [-0.3, -0.25) is 4.79 Å². The van der Waals surface area contributed by atoms with Crippen molar-refractivity contribution in [1.29, 1.82) is 0 Å².